The van der Waals surface area contributed by atoms with Crippen molar-refractivity contribution in [3.05, 3.63) is 95.6 Å². The minimum absolute atomic E-state index is 0.00712. The Kier molecular flexibility index (Phi) is 16.3. The van der Waals surface area contributed by atoms with Crippen molar-refractivity contribution in [2.24, 2.45) is 5.73 Å². The summed E-state index contributed by atoms with van der Waals surface area (Å²) >= 11 is 0. The minimum atomic E-state index is -1.59. The number of rotatable bonds is 19. The second-order valence-electron chi connectivity index (χ2n) is 14.4. The second kappa shape index (κ2) is 21.3. The molecule has 0 aliphatic carbocycles. The van der Waals surface area contributed by atoms with E-state index < -0.39 is 90.3 Å². The van der Waals surface area contributed by atoms with Crippen LogP contribution in [0.2, 0.25) is 0 Å². The highest BCUT2D eigenvalue weighted by molar-refractivity contribution is 5.97. The number of nitrogens with zero attached hydrogens (tertiary/aromatic N) is 1. The predicted molar refractivity (Wildman–Crippen MR) is 212 cm³/mol. The van der Waals surface area contributed by atoms with Crippen molar-refractivity contribution in [2.45, 2.75) is 88.2 Å². The number of likely N-dealkylation sites (tertiary alicyclic amines) is 1. The molecule has 59 heavy (non-hydrogen) atoms. The number of nitrogens with one attached hydrogen (secondary N) is 5. The van der Waals surface area contributed by atoms with Crippen LogP contribution in [0.3, 0.4) is 0 Å². The number of aliphatic hydroxyl groups excluding tert-OH is 1. The van der Waals surface area contributed by atoms with Gasteiger partial charge in [0.15, 0.2) is 0 Å². The fraction of sp³-hybridized carbons (Fsp3) is 0.390. The van der Waals surface area contributed by atoms with Crippen LogP contribution in [0.1, 0.15) is 43.4 Å². The summed E-state index contributed by atoms with van der Waals surface area (Å²) in [5.74, 6) is -5.75. The standard InChI is InChI=1S/C41H51N7O11/c1-23(43-37(54)30(42)19-26-10-14-28(50)15-11-26)35(52)45-31(20-25-7-4-3-5-8-25)38(55)44-24(2)36(53)46-32(21-27-12-16-29(51)17-13-27)40(57)48-18-6-9-34(48)39(56)47-33(22-49)41(58)59/h3-5,7-8,10-17,23-24,30-34,49-51H,6,9,18-22,42H2,1-2H3,(H,43,54)(H,44,55)(H,45,52)(H,46,53)(H,47,56)(H,58,59)/t23-,24-,30+,31+,32+,33+,34+/m1/s1. The molecular formula is C41H51N7O11. The molecule has 0 bridgehead atoms. The lowest BCUT2D eigenvalue weighted by Gasteiger charge is -2.30. The maximum Gasteiger partial charge on any atom is 0.328 e. The molecular weight excluding hydrogens is 766 g/mol. The molecule has 0 unspecified atom stereocenters. The summed E-state index contributed by atoms with van der Waals surface area (Å²) < 4.78 is 0. The monoisotopic (exact) mass is 817 g/mol. The Hall–Kier alpha value is -6.53. The van der Waals surface area contributed by atoms with Gasteiger partial charge in [0, 0.05) is 19.4 Å². The maximum atomic E-state index is 14.1. The number of carbonyl (C=O) groups is 7. The van der Waals surface area contributed by atoms with Crippen LogP contribution in [0, 0.1) is 0 Å². The van der Waals surface area contributed by atoms with Gasteiger partial charge < -0.3 is 57.6 Å². The Labute approximate surface area is 340 Å². The molecule has 18 heteroatoms. The summed E-state index contributed by atoms with van der Waals surface area (Å²) in [6.45, 7) is 2.05. The molecule has 4 rings (SSSR count). The third kappa shape index (κ3) is 13.3. The predicted octanol–water partition coefficient (Wildman–Crippen LogP) is -1.02. The average molecular weight is 818 g/mol. The first-order valence-electron chi connectivity index (χ1n) is 19.1. The van der Waals surface area contributed by atoms with E-state index in [1.54, 1.807) is 54.6 Å². The third-order valence-electron chi connectivity index (χ3n) is 9.77. The van der Waals surface area contributed by atoms with Crippen molar-refractivity contribution >= 4 is 41.4 Å². The minimum Gasteiger partial charge on any atom is -0.508 e. The zero-order valence-corrected chi connectivity index (χ0v) is 32.7. The number of hydrogen-bond donors (Lipinski definition) is 10. The van der Waals surface area contributed by atoms with E-state index in [-0.39, 0.29) is 43.7 Å². The molecule has 7 atom stereocenters. The van der Waals surface area contributed by atoms with Crippen molar-refractivity contribution < 1.29 is 54.0 Å². The fourth-order valence-corrected chi connectivity index (χ4v) is 6.42. The number of aromatic hydroxyl groups is 2. The number of phenolic OH excluding ortho intramolecular Hbond substituents is 2. The summed E-state index contributed by atoms with van der Waals surface area (Å²) in [7, 11) is 0. The molecule has 3 aromatic carbocycles. The molecule has 1 heterocycles. The van der Waals surface area contributed by atoms with Gasteiger partial charge in [-0.15, -0.1) is 0 Å². The zero-order valence-electron chi connectivity index (χ0n) is 32.7. The van der Waals surface area contributed by atoms with Crippen LogP contribution in [0.15, 0.2) is 78.9 Å². The number of carboxylic acid groups (broad SMARTS) is 1. The van der Waals surface area contributed by atoms with E-state index in [0.717, 1.165) is 0 Å². The van der Waals surface area contributed by atoms with Crippen LogP contribution in [0.25, 0.3) is 0 Å². The van der Waals surface area contributed by atoms with E-state index in [1.165, 1.54) is 43.0 Å². The highest BCUT2D eigenvalue weighted by atomic mass is 16.4. The van der Waals surface area contributed by atoms with Gasteiger partial charge in [0.25, 0.3) is 0 Å². The summed E-state index contributed by atoms with van der Waals surface area (Å²) in [4.78, 5) is 93.5. The highest BCUT2D eigenvalue weighted by Crippen LogP contribution is 2.21. The molecule has 1 aliphatic heterocycles. The Bertz CT molecular complexity index is 1950. The number of carboxylic acids is 1. The van der Waals surface area contributed by atoms with Crippen molar-refractivity contribution in [1.29, 1.82) is 0 Å². The second-order valence-corrected chi connectivity index (χ2v) is 14.4. The summed E-state index contributed by atoms with van der Waals surface area (Å²) in [6.07, 6.45) is 0.654. The Morgan fingerprint density at radius 2 is 1.14 bits per heavy atom. The molecule has 0 saturated carbocycles. The van der Waals surface area contributed by atoms with Crippen LogP contribution in [-0.2, 0) is 52.8 Å². The number of aliphatic hydroxyl groups is 1. The van der Waals surface area contributed by atoms with Gasteiger partial charge in [-0.2, -0.15) is 0 Å². The third-order valence-corrected chi connectivity index (χ3v) is 9.77. The molecule has 0 spiro atoms. The van der Waals surface area contributed by atoms with Gasteiger partial charge in [-0.25, -0.2) is 4.79 Å². The van der Waals surface area contributed by atoms with Gasteiger partial charge in [0.1, 0.15) is 47.8 Å². The Morgan fingerprint density at radius 3 is 1.68 bits per heavy atom. The van der Waals surface area contributed by atoms with Gasteiger partial charge in [0.05, 0.1) is 12.6 Å². The lowest BCUT2D eigenvalue weighted by molar-refractivity contribution is -0.145. The largest absolute Gasteiger partial charge is 0.508 e. The van der Waals surface area contributed by atoms with Crippen molar-refractivity contribution in [3.63, 3.8) is 0 Å². The molecule has 0 aromatic heterocycles. The molecule has 18 nitrogen and oxygen atoms in total. The number of phenols is 2. The van der Waals surface area contributed by atoms with E-state index in [9.17, 15) is 54.0 Å². The van der Waals surface area contributed by atoms with Gasteiger partial charge in [-0.3, -0.25) is 28.8 Å². The highest BCUT2D eigenvalue weighted by Gasteiger charge is 2.39. The van der Waals surface area contributed by atoms with Gasteiger partial charge >= 0.3 is 5.97 Å². The first-order chi connectivity index (χ1) is 28.1. The molecule has 6 amide bonds. The number of aliphatic carboxylic acids is 1. The topological polar surface area (TPSA) is 290 Å². The summed E-state index contributed by atoms with van der Waals surface area (Å²) in [5, 5.41) is 50.7. The van der Waals surface area contributed by atoms with Crippen LogP contribution < -0.4 is 32.3 Å². The lowest BCUT2D eigenvalue weighted by Crippen LogP contribution is -2.59. The van der Waals surface area contributed by atoms with Crippen LogP contribution in [-0.4, -0.2) is 122 Å². The number of carbonyl (C=O) groups excluding carboxylic acids is 6. The SMILES string of the molecule is C[C@@H](NC(=O)[C@H](Cc1ccccc1)NC(=O)[C@@H](C)NC(=O)[C@@H](N)Cc1ccc(O)cc1)C(=O)N[C@@H](Cc1ccc(O)cc1)C(=O)N1CCC[C@H]1C(=O)N[C@@H](CO)C(=O)O. The zero-order chi connectivity index (χ0) is 43.2. The summed E-state index contributed by atoms with van der Waals surface area (Å²) in [5.41, 5.74) is 7.98. The van der Waals surface area contributed by atoms with Crippen LogP contribution in [0.5, 0.6) is 11.5 Å². The molecule has 0 radical (unpaired) electrons. The summed E-state index contributed by atoms with van der Waals surface area (Å²) in [6, 6.07) is 12.2. The molecule has 1 fully saturated rings. The number of amides is 6. The van der Waals surface area contributed by atoms with Crippen molar-refractivity contribution in [1.82, 2.24) is 31.5 Å². The molecule has 1 saturated heterocycles. The number of benzene rings is 3. The smallest absolute Gasteiger partial charge is 0.328 e. The molecule has 3 aromatic rings. The maximum absolute atomic E-state index is 14.1. The Balaban J connectivity index is 1.46. The molecule has 316 valence electrons. The van der Waals surface area contributed by atoms with Gasteiger partial charge in [-0.05, 0) is 74.1 Å². The van der Waals surface area contributed by atoms with Gasteiger partial charge in [0.2, 0.25) is 35.4 Å². The molecule has 1 aliphatic rings. The number of nitrogens with two attached hydrogens (primary N) is 1. The lowest BCUT2D eigenvalue weighted by atomic mass is 10.0. The van der Waals surface area contributed by atoms with Crippen LogP contribution in [0.4, 0.5) is 0 Å². The normalized spacial score (nSPS) is 16.6. The fourth-order valence-electron chi connectivity index (χ4n) is 6.42. The van der Waals surface area contributed by atoms with E-state index in [2.05, 4.69) is 26.6 Å². The average Bonchev–Trinajstić information content (AvgIpc) is 3.71. The van der Waals surface area contributed by atoms with Crippen molar-refractivity contribution in [3.8, 4) is 11.5 Å². The first-order valence-corrected chi connectivity index (χ1v) is 19.1. The van der Waals surface area contributed by atoms with Gasteiger partial charge in [-0.1, -0.05) is 54.6 Å². The van der Waals surface area contributed by atoms with E-state index in [4.69, 9.17) is 5.73 Å². The van der Waals surface area contributed by atoms with E-state index >= 15 is 0 Å². The molecule has 11 N–H and O–H groups in total. The van der Waals surface area contributed by atoms with Crippen molar-refractivity contribution in [2.75, 3.05) is 13.2 Å². The number of hydrogen-bond acceptors (Lipinski definition) is 11. The quantitative estimate of drug-likeness (QED) is 0.0696. The van der Waals surface area contributed by atoms with E-state index in [1.807, 2.05) is 0 Å². The van der Waals surface area contributed by atoms with Crippen LogP contribution >= 0.6 is 0 Å². The Morgan fingerprint density at radius 1 is 0.644 bits per heavy atom. The first kappa shape index (κ1) is 45.2. The van der Waals surface area contributed by atoms with E-state index in [0.29, 0.717) is 23.1 Å².